The molecule has 0 fully saturated rings. The minimum absolute atomic E-state index is 0.0135. The molecule has 0 aliphatic rings. The summed E-state index contributed by atoms with van der Waals surface area (Å²) in [5.74, 6) is -0.797. The molecule has 3 N–H and O–H groups in total. The Kier molecular flexibility index (Phi) is 8.95. The van der Waals surface area contributed by atoms with Crippen LogP contribution in [0.5, 0.6) is 0 Å². The van der Waals surface area contributed by atoms with Crippen molar-refractivity contribution in [2.24, 2.45) is 0 Å². The van der Waals surface area contributed by atoms with Crippen LogP contribution in [0.2, 0.25) is 0 Å². The molecular weight excluding hydrogens is 246 g/mol. The quantitative estimate of drug-likeness (QED) is 0.591. The summed E-state index contributed by atoms with van der Waals surface area (Å²) in [7, 11) is 3.99. The average Bonchev–Trinajstić information content (AvgIpc) is 2.25. The van der Waals surface area contributed by atoms with E-state index in [0.29, 0.717) is 12.8 Å². The fourth-order valence-corrected chi connectivity index (χ4v) is 1.64. The lowest BCUT2D eigenvalue weighted by Crippen LogP contribution is -2.45. The van der Waals surface area contributed by atoms with E-state index >= 15 is 0 Å². The Balaban J connectivity index is 3.74. The molecule has 0 aliphatic heterocycles. The highest BCUT2D eigenvalue weighted by atomic mass is 16.4. The predicted molar refractivity (Wildman–Crippen MR) is 75.2 cm³/mol. The van der Waals surface area contributed by atoms with Crippen LogP contribution < -0.4 is 10.6 Å². The number of carbonyl (C=O) groups excluding carboxylic acids is 1. The van der Waals surface area contributed by atoms with Crippen molar-refractivity contribution in [3.63, 3.8) is 0 Å². The monoisotopic (exact) mass is 273 g/mol. The van der Waals surface area contributed by atoms with Gasteiger partial charge in [-0.15, -0.1) is 0 Å². The van der Waals surface area contributed by atoms with Gasteiger partial charge in [-0.3, -0.25) is 4.79 Å². The van der Waals surface area contributed by atoms with E-state index in [1.54, 1.807) is 0 Å². The molecule has 0 rings (SSSR count). The molecule has 0 heterocycles. The standard InChI is InChI=1S/C13H27N3O3/c1-10(6-5-7-12(17)18)14-13(19)15-11(2)8-9-16(3)4/h10-11H,5-9H2,1-4H3,(H,17,18)(H2,14,15,19). The van der Waals surface area contributed by atoms with Crippen LogP contribution in [0, 0.1) is 0 Å². The van der Waals surface area contributed by atoms with Gasteiger partial charge in [-0.25, -0.2) is 4.79 Å². The fourth-order valence-electron chi connectivity index (χ4n) is 1.64. The first-order valence-electron chi connectivity index (χ1n) is 6.74. The number of nitrogens with zero attached hydrogens (tertiary/aromatic N) is 1. The lowest BCUT2D eigenvalue weighted by Gasteiger charge is -2.19. The number of hydrogen-bond acceptors (Lipinski definition) is 3. The zero-order valence-corrected chi connectivity index (χ0v) is 12.4. The van der Waals surface area contributed by atoms with E-state index in [1.807, 2.05) is 27.9 Å². The molecule has 6 heteroatoms. The number of amides is 2. The van der Waals surface area contributed by atoms with Gasteiger partial charge in [0, 0.05) is 18.5 Å². The number of carboxylic acids is 1. The van der Waals surface area contributed by atoms with Gasteiger partial charge in [-0.2, -0.15) is 0 Å². The van der Waals surface area contributed by atoms with Crippen LogP contribution in [0.15, 0.2) is 0 Å². The van der Waals surface area contributed by atoms with E-state index in [0.717, 1.165) is 13.0 Å². The van der Waals surface area contributed by atoms with Crippen molar-refractivity contribution in [3.8, 4) is 0 Å². The summed E-state index contributed by atoms with van der Waals surface area (Å²) >= 11 is 0. The second-order valence-corrected chi connectivity index (χ2v) is 5.30. The molecule has 2 atom stereocenters. The highest BCUT2D eigenvalue weighted by molar-refractivity contribution is 5.74. The Labute approximate surface area is 115 Å². The molecule has 2 amide bonds. The Morgan fingerprint density at radius 1 is 1.11 bits per heavy atom. The van der Waals surface area contributed by atoms with Crippen LogP contribution in [-0.4, -0.2) is 54.7 Å². The number of nitrogens with one attached hydrogen (secondary N) is 2. The molecule has 0 bridgehead atoms. The van der Waals surface area contributed by atoms with Gasteiger partial charge in [0.15, 0.2) is 0 Å². The number of aliphatic carboxylic acids is 1. The molecule has 0 aromatic heterocycles. The van der Waals surface area contributed by atoms with E-state index in [9.17, 15) is 9.59 Å². The third-order valence-corrected chi connectivity index (χ3v) is 2.79. The van der Waals surface area contributed by atoms with Crippen molar-refractivity contribution < 1.29 is 14.7 Å². The van der Waals surface area contributed by atoms with Crippen molar-refractivity contribution in [1.29, 1.82) is 0 Å². The molecule has 0 radical (unpaired) electrons. The summed E-state index contributed by atoms with van der Waals surface area (Å²) in [6.07, 6.45) is 2.29. The topological polar surface area (TPSA) is 81.7 Å². The van der Waals surface area contributed by atoms with Crippen molar-refractivity contribution in [2.45, 2.75) is 51.6 Å². The Hall–Kier alpha value is -1.30. The van der Waals surface area contributed by atoms with Gasteiger partial charge in [0.2, 0.25) is 0 Å². The maximum atomic E-state index is 11.7. The van der Waals surface area contributed by atoms with E-state index < -0.39 is 5.97 Å². The van der Waals surface area contributed by atoms with Gasteiger partial charge >= 0.3 is 12.0 Å². The zero-order chi connectivity index (χ0) is 14.8. The van der Waals surface area contributed by atoms with Crippen molar-refractivity contribution >= 4 is 12.0 Å². The van der Waals surface area contributed by atoms with E-state index in [-0.39, 0.29) is 24.5 Å². The van der Waals surface area contributed by atoms with Gasteiger partial charge in [0.05, 0.1) is 0 Å². The smallest absolute Gasteiger partial charge is 0.315 e. The van der Waals surface area contributed by atoms with Crippen molar-refractivity contribution in [2.75, 3.05) is 20.6 Å². The largest absolute Gasteiger partial charge is 0.481 e. The van der Waals surface area contributed by atoms with Gasteiger partial charge in [-0.1, -0.05) is 0 Å². The minimum atomic E-state index is -0.797. The highest BCUT2D eigenvalue weighted by Crippen LogP contribution is 2.00. The van der Waals surface area contributed by atoms with E-state index in [2.05, 4.69) is 15.5 Å². The molecule has 0 aromatic carbocycles. The lowest BCUT2D eigenvalue weighted by atomic mass is 10.1. The van der Waals surface area contributed by atoms with Crippen LogP contribution in [0.3, 0.4) is 0 Å². The number of hydrogen-bond donors (Lipinski definition) is 3. The third-order valence-electron chi connectivity index (χ3n) is 2.79. The predicted octanol–water partition coefficient (Wildman–Crippen LogP) is 1.27. The number of carbonyl (C=O) groups is 2. The van der Waals surface area contributed by atoms with Gasteiger partial charge in [-0.05, 0) is 53.8 Å². The zero-order valence-electron chi connectivity index (χ0n) is 12.4. The first kappa shape index (κ1) is 17.7. The van der Waals surface area contributed by atoms with E-state index in [4.69, 9.17) is 5.11 Å². The third kappa shape index (κ3) is 11.5. The molecule has 6 nitrogen and oxygen atoms in total. The SMILES string of the molecule is CC(CCCC(=O)O)NC(=O)NC(C)CCN(C)C. The van der Waals surface area contributed by atoms with Gasteiger partial charge < -0.3 is 20.6 Å². The minimum Gasteiger partial charge on any atom is -0.481 e. The van der Waals surface area contributed by atoms with Crippen LogP contribution >= 0.6 is 0 Å². The molecule has 0 spiro atoms. The number of urea groups is 1. The summed E-state index contributed by atoms with van der Waals surface area (Å²) in [5, 5.41) is 14.2. The summed E-state index contributed by atoms with van der Waals surface area (Å²) in [6.45, 7) is 4.78. The fraction of sp³-hybridized carbons (Fsp3) is 0.846. The molecule has 19 heavy (non-hydrogen) atoms. The average molecular weight is 273 g/mol. The van der Waals surface area contributed by atoms with Crippen LogP contribution in [0.4, 0.5) is 4.79 Å². The molecule has 2 unspecified atom stereocenters. The Morgan fingerprint density at radius 2 is 1.63 bits per heavy atom. The highest BCUT2D eigenvalue weighted by Gasteiger charge is 2.10. The first-order valence-corrected chi connectivity index (χ1v) is 6.74. The van der Waals surface area contributed by atoms with E-state index in [1.165, 1.54) is 0 Å². The Morgan fingerprint density at radius 3 is 2.11 bits per heavy atom. The van der Waals surface area contributed by atoms with Crippen LogP contribution in [-0.2, 0) is 4.79 Å². The molecule has 112 valence electrons. The summed E-state index contributed by atoms with van der Waals surface area (Å²) < 4.78 is 0. The molecule has 0 saturated heterocycles. The molecular formula is C13H27N3O3. The van der Waals surface area contributed by atoms with Crippen molar-refractivity contribution in [1.82, 2.24) is 15.5 Å². The first-order chi connectivity index (χ1) is 8.81. The summed E-state index contributed by atoms with van der Waals surface area (Å²) in [5.41, 5.74) is 0. The second-order valence-electron chi connectivity index (χ2n) is 5.30. The number of carboxylic acid groups (broad SMARTS) is 1. The van der Waals surface area contributed by atoms with Gasteiger partial charge in [0.1, 0.15) is 0 Å². The molecule has 0 saturated carbocycles. The summed E-state index contributed by atoms with van der Waals surface area (Å²) in [4.78, 5) is 24.1. The maximum Gasteiger partial charge on any atom is 0.315 e. The normalized spacial score (nSPS) is 13.9. The lowest BCUT2D eigenvalue weighted by molar-refractivity contribution is -0.137. The number of rotatable bonds is 9. The van der Waals surface area contributed by atoms with Gasteiger partial charge in [0.25, 0.3) is 0 Å². The summed E-state index contributed by atoms with van der Waals surface area (Å²) in [6, 6.07) is -0.0805. The maximum absolute atomic E-state index is 11.7. The van der Waals surface area contributed by atoms with Crippen LogP contribution in [0.1, 0.15) is 39.5 Å². The second kappa shape index (κ2) is 9.61. The Bertz CT molecular complexity index is 282. The molecule has 0 aromatic rings. The molecule has 0 aliphatic carbocycles. The van der Waals surface area contributed by atoms with Crippen LogP contribution in [0.25, 0.3) is 0 Å². The van der Waals surface area contributed by atoms with Crippen molar-refractivity contribution in [3.05, 3.63) is 0 Å².